The Bertz CT molecular complexity index is 1760. The highest BCUT2D eigenvalue weighted by atomic mass is 32.2. The lowest BCUT2D eigenvalue weighted by molar-refractivity contribution is -0.117. The molecular weight excluding hydrogens is 562 g/mol. The number of para-hydroxylation sites is 1. The second kappa shape index (κ2) is 11.1. The third-order valence-corrected chi connectivity index (χ3v) is 8.64. The van der Waals surface area contributed by atoms with Crippen molar-refractivity contribution in [1.82, 2.24) is 10.2 Å². The molecule has 9 nitrogen and oxygen atoms in total. The molecule has 0 fully saturated rings. The van der Waals surface area contributed by atoms with E-state index in [1.807, 2.05) is 36.4 Å². The Morgan fingerprint density at radius 2 is 1.83 bits per heavy atom. The van der Waals surface area contributed by atoms with Crippen LogP contribution in [0.3, 0.4) is 0 Å². The van der Waals surface area contributed by atoms with Gasteiger partial charge in [-0.25, -0.2) is 0 Å². The number of ketones is 1. The van der Waals surface area contributed by atoms with Crippen LogP contribution in [0, 0.1) is 0 Å². The van der Waals surface area contributed by atoms with Crippen LogP contribution in [0.5, 0.6) is 11.5 Å². The average Bonchev–Trinajstić information content (AvgIpc) is 3.70. The number of fused-ring (bicyclic) bond motifs is 1. The number of phenolic OH excluding ortho intramolecular Hbond substituents is 1. The van der Waals surface area contributed by atoms with Crippen LogP contribution in [0.15, 0.2) is 99.0 Å². The maximum absolute atomic E-state index is 13.9. The molecule has 0 radical (unpaired) electrons. The number of carbonyl (C=O) groups excluding carboxylic acids is 2. The number of aromatic nitrogens is 2. The fourth-order valence-electron chi connectivity index (χ4n) is 4.63. The van der Waals surface area contributed by atoms with Gasteiger partial charge in [-0.05, 0) is 42.3 Å². The number of aliphatic hydroxyl groups excluding tert-OH is 1. The molecule has 41 heavy (non-hydrogen) atoms. The van der Waals surface area contributed by atoms with Gasteiger partial charge in [-0.15, -0.1) is 10.2 Å². The van der Waals surface area contributed by atoms with Crippen LogP contribution in [0.2, 0.25) is 0 Å². The molecular formula is C30H23N3O6S2. The second-order valence-corrected chi connectivity index (χ2v) is 11.3. The van der Waals surface area contributed by atoms with Crippen molar-refractivity contribution in [2.45, 2.75) is 23.1 Å². The molecule has 1 aliphatic rings. The van der Waals surface area contributed by atoms with Gasteiger partial charge in [0.05, 0.1) is 18.2 Å². The lowest BCUT2D eigenvalue weighted by atomic mass is 9.95. The molecule has 3 heterocycles. The maximum atomic E-state index is 13.9. The molecule has 0 saturated heterocycles. The lowest BCUT2D eigenvalue weighted by Gasteiger charge is -2.24. The number of aromatic hydroxyl groups is 1. The molecule has 0 aliphatic carbocycles. The van der Waals surface area contributed by atoms with Crippen LogP contribution in [-0.2, 0) is 10.5 Å². The molecule has 1 amide bonds. The van der Waals surface area contributed by atoms with Crippen molar-refractivity contribution in [2.24, 2.45) is 0 Å². The summed E-state index contributed by atoms with van der Waals surface area (Å²) >= 11 is 2.64. The average molecular weight is 586 g/mol. The van der Waals surface area contributed by atoms with E-state index in [9.17, 15) is 19.8 Å². The van der Waals surface area contributed by atoms with Gasteiger partial charge >= 0.3 is 0 Å². The van der Waals surface area contributed by atoms with E-state index in [0.29, 0.717) is 26.6 Å². The van der Waals surface area contributed by atoms with Gasteiger partial charge in [0.25, 0.3) is 5.91 Å². The Labute approximate surface area is 242 Å². The summed E-state index contributed by atoms with van der Waals surface area (Å²) in [4.78, 5) is 28.7. The van der Waals surface area contributed by atoms with E-state index in [4.69, 9.17) is 9.15 Å². The highest BCUT2D eigenvalue weighted by molar-refractivity contribution is 8.00. The first-order chi connectivity index (χ1) is 19.9. The third kappa shape index (κ3) is 5.05. The summed E-state index contributed by atoms with van der Waals surface area (Å²) in [5.74, 6) is -1.43. The van der Waals surface area contributed by atoms with Crippen molar-refractivity contribution in [3.05, 3.63) is 107 Å². The monoisotopic (exact) mass is 585 g/mol. The Morgan fingerprint density at radius 3 is 2.61 bits per heavy atom. The summed E-state index contributed by atoms with van der Waals surface area (Å²) in [6.07, 6.45) is 0. The molecule has 5 aromatic rings. The van der Waals surface area contributed by atoms with Crippen LogP contribution in [-0.4, -0.2) is 38.7 Å². The Kier molecular flexibility index (Phi) is 7.21. The smallest absolute Gasteiger partial charge is 0.296 e. The molecule has 0 unspecified atom stereocenters. The number of carbonyl (C=O) groups is 2. The molecule has 3 aromatic carbocycles. The molecule has 0 bridgehead atoms. The van der Waals surface area contributed by atoms with Crippen molar-refractivity contribution in [2.75, 3.05) is 11.5 Å². The summed E-state index contributed by atoms with van der Waals surface area (Å²) in [6, 6.07) is 22.0. The number of aliphatic hydroxyl groups is 1. The summed E-state index contributed by atoms with van der Waals surface area (Å²) in [5, 5.41) is 30.8. The number of hydrogen-bond donors (Lipinski definition) is 2. The molecule has 11 heteroatoms. The third-order valence-electron chi connectivity index (χ3n) is 6.51. The van der Waals surface area contributed by atoms with Gasteiger partial charge < -0.3 is 19.4 Å². The normalized spacial score (nSPS) is 15.2. The Hall–Kier alpha value is -4.61. The molecule has 1 aliphatic heterocycles. The highest BCUT2D eigenvalue weighted by Crippen LogP contribution is 2.45. The van der Waals surface area contributed by atoms with E-state index in [1.54, 1.807) is 43.3 Å². The number of ether oxygens (including phenoxy) is 1. The van der Waals surface area contributed by atoms with Gasteiger partial charge in [-0.3, -0.25) is 14.5 Å². The van der Waals surface area contributed by atoms with Crippen molar-refractivity contribution in [1.29, 1.82) is 0 Å². The van der Waals surface area contributed by atoms with Crippen LogP contribution < -0.4 is 9.64 Å². The molecule has 2 N–H and O–H groups in total. The van der Waals surface area contributed by atoms with Gasteiger partial charge in [0.2, 0.25) is 10.9 Å². The van der Waals surface area contributed by atoms with Gasteiger partial charge in [0.1, 0.15) is 5.58 Å². The van der Waals surface area contributed by atoms with Gasteiger partial charge in [0.15, 0.2) is 27.4 Å². The fourth-order valence-corrected chi connectivity index (χ4v) is 6.45. The molecule has 1 atom stereocenters. The minimum atomic E-state index is -1.08. The number of nitrogens with zero attached hydrogens (tertiary/aromatic N) is 3. The molecule has 0 spiro atoms. The van der Waals surface area contributed by atoms with Crippen LogP contribution >= 0.6 is 23.1 Å². The Morgan fingerprint density at radius 1 is 1.05 bits per heavy atom. The van der Waals surface area contributed by atoms with Gasteiger partial charge in [0, 0.05) is 11.1 Å². The minimum Gasteiger partial charge on any atom is -0.504 e. The molecule has 2 aromatic heterocycles. The number of thioether (sulfide) groups is 1. The SMILES string of the molecule is CCOc1cc([C@@H]2C(C(=O)c3cc4ccccc4o3)=C(O)C(=O)N2c2nnc(SCc3ccccc3)s2)ccc1O. The quantitative estimate of drug-likeness (QED) is 0.114. The largest absolute Gasteiger partial charge is 0.504 e. The molecule has 6 rings (SSSR count). The van der Waals surface area contributed by atoms with Crippen LogP contribution in [0.4, 0.5) is 5.13 Å². The number of hydrogen-bond acceptors (Lipinski definition) is 10. The number of phenols is 1. The standard InChI is InChI=1S/C30H23N3O6S2/c1-2-38-22-15-19(12-13-20(22)34)25-24(26(35)23-14-18-10-6-7-11-21(18)39-23)27(36)28(37)33(25)29-31-32-30(41-29)40-16-17-8-4-3-5-9-17/h3-15,25,34,36H,2,16H2,1H3/t25-/m1/s1. The van der Waals surface area contributed by atoms with Gasteiger partial charge in [-0.1, -0.05) is 77.7 Å². The minimum absolute atomic E-state index is 0.0208. The van der Waals surface area contributed by atoms with Crippen molar-refractivity contribution >= 4 is 50.9 Å². The van der Waals surface area contributed by atoms with E-state index >= 15 is 0 Å². The summed E-state index contributed by atoms with van der Waals surface area (Å²) < 4.78 is 12.0. The number of anilines is 1. The molecule has 206 valence electrons. The van der Waals surface area contributed by atoms with E-state index in [0.717, 1.165) is 5.56 Å². The highest BCUT2D eigenvalue weighted by Gasteiger charge is 2.47. The second-order valence-electron chi connectivity index (χ2n) is 9.10. The lowest BCUT2D eigenvalue weighted by Crippen LogP contribution is -2.31. The predicted molar refractivity (Wildman–Crippen MR) is 156 cm³/mol. The predicted octanol–water partition coefficient (Wildman–Crippen LogP) is 6.46. The number of rotatable bonds is 9. The molecule has 0 saturated carbocycles. The number of furan rings is 1. The van der Waals surface area contributed by atoms with Crippen molar-refractivity contribution < 1.29 is 29.0 Å². The zero-order chi connectivity index (χ0) is 28.5. The van der Waals surface area contributed by atoms with Crippen molar-refractivity contribution in [3.63, 3.8) is 0 Å². The zero-order valence-corrected chi connectivity index (χ0v) is 23.3. The number of benzene rings is 3. The topological polar surface area (TPSA) is 126 Å². The van der Waals surface area contributed by atoms with Crippen LogP contribution in [0.1, 0.15) is 34.6 Å². The number of Topliss-reactive ketones (excluding diaryl/α,β-unsaturated/α-hetero) is 1. The maximum Gasteiger partial charge on any atom is 0.296 e. The van der Waals surface area contributed by atoms with E-state index in [1.165, 1.54) is 34.1 Å². The zero-order valence-electron chi connectivity index (χ0n) is 21.7. The van der Waals surface area contributed by atoms with Gasteiger partial charge in [-0.2, -0.15) is 0 Å². The number of amides is 1. The van der Waals surface area contributed by atoms with E-state index < -0.39 is 23.5 Å². The Balaban J connectivity index is 1.40. The first kappa shape index (κ1) is 26.6. The summed E-state index contributed by atoms with van der Waals surface area (Å²) in [6.45, 7) is 2.06. The van der Waals surface area contributed by atoms with Crippen molar-refractivity contribution in [3.8, 4) is 11.5 Å². The summed E-state index contributed by atoms with van der Waals surface area (Å²) in [5.41, 5.74) is 1.86. The first-order valence-corrected chi connectivity index (χ1v) is 14.5. The van der Waals surface area contributed by atoms with E-state index in [2.05, 4.69) is 10.2 Å². The van der Waals surface area contributed by atoms with E-state index in [-0.39, 0.29) is 34.6 Å². The fraction of sp³-hybridized carbons (Fsp3) is 0.133. The summed E-state index contributed by atoms with van der Waals surface area (Å²) in [7, 11) is 0. The van der Waals surface area contributed by atoms with Crippen LogP contribution in [0.25, 0.3) is 11.0 Å². The first-order valence-electron chi connectivity index (χ1n) is 12.7.